The largest absolute Gasteiger partial charge is 0.399 e. The van der Waals surface area contributed by atoms with Crippen LogP contribution in [-0.4, -0.2) is 13.4 Å². The van der Waals surface area contributed by atoms with Gasteiger partial charge < -0.3 is 5.73 Å². The number of aromatic nitrogens is 1. The van der Waals surface area contributed by atoms with Crippen LogP contribution in [0.2, 0.25) is 0 Å². The first-order valence-corrected chi connectivity index (χ1v) is 6.95. The smallest absolute Gasteiger partial charge is 0.236 e. The maximum absolute atomic E-state index is 11.9. The van der Waals surface area contributed by atoms with Crippen molar-refractivity contribution >= 4 is 21.4 Å². The summed E-state index contributed by atoms with van der Waals surface area (Å²) in [4.78, 5) is 3.82. The van der Waals surface area contributed by atoms with Crippen molar-refractivity contribution < 1.29 is 8.42 Å². The predicted octanol–water partition coefficient (Wildman–Crippen LogP) is 1.61. The van der Waals surface area contributed by atoms with Crippen molar-refractivity contribution in [3.05, 3.63) is 54.4 Å². The third-order valence-electron chi connectivity index (χ3n) is 2.29. The zero-order valence-corrected chi connectivity index (χ0v) is 10.4. The molecule has 0 radical (unpaired) electrons. The highest BCUT2D eigenvalue weighted by Gasteiger charge is 2.11. The number of benzene rings is 1. The third kappa shape index (κ3) is 3.46. The van der Waals surface area contributed by atoms with E-state index < -0.39 is 10.0 Å². The Morgan fingerprint density at radius 2 is 1.67 bits per heavy atom. The zero-order valence-electron chi connectivity index (χ0n) is 9.58. The molecule has 3 N–H and O–H groups in total. The van der Waals surface area contributed by atoms with Crippen LogP contribution in [0.4, 0.5) is 11.4 Å². The van der Waals surface area contributed by atoms with E-state index in [4.69, 9.17) is 5.73 Å². The van der Waals surface area contributed by atoms with E-state index in [1.165, 1.54) is 12.4 Å². The molecule has 0 atom stereocenters. The van der Waals surface area contributed by atoms with Crippen LogP contribution < -0.4 is 10.5 Å². The lowest BCUT2D eigenvalue weighted by Gasteiger charge is -2.07. The highest BCUT2D eigenvalue weighted by atomic mass is 32.2. The minimum absolute atomic E-state index is 0.0877. The number of hydrogen-bond donors (Lipinski definition) is 2. The molecule has 0 aliphatic carbocycles. The minimum Gasteiger partial charge on any atom is -0.399 e. The van der Waals surface area contributed by atoms with Gasteiger partial charge in [-0.3, -0.25) is 9.71 Å². The second-order valence-electron chi connectivity index (χ2n) is 3.84. The topological polar surface area (TPSA) is 85.1 Å². The van der Waals surface area contributed by atoms with Gasteiger partial charge in [-0.1, -0.05) is 12.1 Å². The second-order valence-corrected chi connectivity index (χ2v) is 5.56. The van der Waals surface area contributed by atoms with Crippen molar-refractivity contribution in [3.63, 3.8) is 0 Å². The Kier molecular flexibility index (Phi) is 3.47. The summed E-state index contributed by atoms with van der Waals surface area (Å²) in [5.41, 5.74) is 7.34. The van der Waals surface area contributed by atoms with Crippen molar-refractivity contribution in [2.24, 2.45) is 0 Å². The summed E-state index contributed by atoms with van der Waals surface area (Å²) in [6.07, 6.45) is 3.06. The van der Waals surface area contributed by atoms with Crippen molar-refractivity contribution in [3.8, 4) is 0 Å². The van der Waals surface area contributed by atoms with Crippen LogP contribution in [0.3, 0.4) is 0 Å². The van der Waals surface area contributed by atoms with Crippen molar-refractivity contribution in [2.75, 3.05) is 10.5 Å². The number of nitrogens with zero attached hydrogens (tertiary/aromatic N) is 1. The molecule has 6 heteroatoms. The van der Waals surface area contributed by atoms with Crippen LogP contribution in [0, 0.1) is 0 Å². The molecular formula is C12H13N3O2S. The first kappa shape index (κ1) is 12.4. The van der Waals surface area contributed by atoms with E-state index in [0.29, 0.717) is 16.9 Å². The summed E-state index contributed by atoms with van der Waals surface area (Å²) in [6.45, 7) is 0. The zero-order chi connectivity index (χ0) is 13.0. The molecule has 5 nitrogen and oxygen atoms in total. The Morgan fingerprint density at radius 1 is 1.06 bits per heavy atom. The van der Waals surface area contributed by atoms with E-state index in [9.17, 15) is 8.42 Å². The molecular weight excluding hydrogens is 250 g/mol. The first-order chi connectivity index (χ1) is 8.55. The summed E-state index contributed by atoms with van der Waals surface area (Å²) >= 11 is 0. The van der Waals surface area contributed by atoms with Crippen molar-refractivity contribution in [1.82, 2.24) is 4.98 Å². The fraction of sp³-hybridized carbons (Fsp3) is 0.0833. The maximum Gasteiger partial charge on any atom is 0.236 e. The highest BCUT2D eigenvalue weighted by Crippen LogP contribution is 2.12. The summed E-state index contributed by atoms with van der Waals surface area (Å²) in [5.74, 6) is -0.0877. The monoisotopic (exact) mass is 263 g/mol. The van der Waals surface area contributed by atoms with Gasteiger partial charge in [-0.2, -0.15) is 0 Å². The number of anilines is 2. The van der Waals surface area contributed by atoms with Gasteiger partial charge in [0.2, 0.25) is 10.0 Å². The SMILES string of the molecule is Nc1ccc(CS(=O)(=O)Nc2ccncc2)cc1. The van der Waals surface area contributed by atoms with Crippen molar-refractivity contribution in [1.29, 1.82) is 0 Å². The molecule has 1 heterocycles. The molecule has 2 rings (SSSR count). The van der Waals surface area contributed by atoms with Gasteiger partial charge in [0.15, 0.2) is 0 Å². The number of rotatable bonds is 4. The molecule has 94 valence electrons. The van der Waals surface area contributed by atoms with Gasteiger partial charge in [0.1, 0.15) is 0 Å². The lowest BCUT2D eigenvalue weighted by Crippen LogP contribution is -2.15. The molecule has 0 saturated heterocycles. The first-order valence-electron chi connectivity index (χ1n) is 5.30. The molecule has 0 aliphatic heterocycles. The molecule has 2 aromatic rings. The lowest BCUT2D eigenvalue weighted by molar-refractivity contribution is 0.600. The average Bonchev–Trinajstić information content (AvgIpc) is 2.32. The van der Waals surface area contributed by atoms with Crippen LogP contribution in [0.15, 0.2) is 48.8 Å². The normalized spacial score (nSPS) is 11.1. The summed E-state index contributed by atoms with van der Waals surface area (Å²) in [5, 5.41) is 0. The standard InChI is InChI=1S/C12H13N3O2S/c13-11-3-1-10(2-4-11)9-18(16,17)15-12-5-7-14-8-6-12/h1-8H,9,13H2,(H,14,15). The number of nitrogen functional groups attached to an aromatic ring is 1. The summed E-state index contributed by atoms with van der Waals surface area (Å²) in [6, 6.07) is 9.94. The van der Waals surface area contributed by atoms with E-state index in [1.54, 1.807) is 36.4 Å². The van der Waals surface area contributed by atoms with Gasteiger partial charge in [0, 0.05) is 18.1 Å². The quantitative estimate of drug-likeness (QED) is 0.821. The summed E-state index contributed by atoms with van der Waals surface area (Å²) < 4.78 is 26.3. The Balaban J connectivity index is 2.10. The number of hydrogen-bond acceptors (Lipinski definition) is 4. The third-order valence-corrected chi connectivity index (χ3v) is 3.55. The highest BCUT2D eigenvalue weighted by molar-refractivity contribution is 7.91. The van der Waals surface area contributed by atoms with Crippen LogP contribution in [0.5, 0.6) is 0 Å². The molecule has 0 unspecified atom stereocenters. The van der Waals surface area contributed by atoms with Crippen LogP contribution in [-0.2, 0) is 15.8 Å². The minimum atomic E-state index is -3.42. The Morgan fingerprint density at radius 3 is 2.28 bits per heavy atom. The molecule has 0 amide bonds. The molecule has 0 saturated carbocycles. The fourth-order valence-corrected chi connectivity index (χ4v) is 2.67. The Bertz CT molecular complexity index is 610. The number of nitrogens with two attached hydrogens (primary N) is 1. The Hall–Kier alpha value is -2.08. The molecule has 0 spiro atoms. The van der Waals surface area contributed by atoms with E-state index in [0.717, 1.165) is 0 Å². The van der Waals surface area contributed by atoms with Gasteiger partial charge in [-0.25, -0.2) is 8.42 Å². The molecule has 0 fully saturated rings. The second kappa shape index (κ2) is 5.05. The van der Waals surface area contributed by atoms with Crippen LogP contribution >= 0.6 is 0 Å². The molecule has 18 heavy (non-hydrogen) atoms. The maximum atomic E-state index is 11.9. The number of sulfonamides is 1. The van der Waals surface area contributed by atoms with Gasteiger partial charge in [-0.05, 0) is 29.8 Å². The van der Waals surface area contributed by atoms with Gasteiger partial charge >= 0.3 is 0 Å². The molecule has 0 aliphatic rings. The van der Waals surface area contributed by atoms with E-state index in [2.05, 4.69) is 9.71 Å². The van der Waals surface area contributed by atoms with Gasteiger partial charge in [0.05, 0.1) is 11.4 Å². The number of pyridine rings is 1. The molecule has 1 aromatic carbocycles. The van der Waals surface area contributed by atoms with Gasteiger partial charge in [-0.15, -0.1) is 0 Å². The van der Waals surface area contributed by atoms with Crippen LogP contribution in [0.1, 0.15) is 5.56 Å². The summed E-state index contributed by atoms with van der Waals surface area (Å²) in [7, 11) is -3.42. The van der Waals surface area contributed by atoms with E-state index in [1.807, 2.05) is 0 Å². The van der Waals surface area contributed by atoms with E-state index >= 15 is 0 Å². The number of nitrogens with one attached hydrogen (secondary N) is 1. The fourth-order valence-electron chi connectivity index (χ4n) is 1.47. The van der Waals surface area contributed by atoms with E-state index in [-0.39, 0.29) is 5.75 Å². The average molecular weight is 263 g/mol. The molecule has 0 bridgehead atoms. The van der Waals surface area contributed by atoms with Crippen molar-refractivity contribution in [2.45, 2.75) is 5.75 Å². The van der Waals surface area contributed by atoms with Crippen LogP contribution in [0.25, 0.3) is 0 Å². The lowest BCUT2D eigenvalue weighted by atomic mass is 10.2. The Labute approximate surface area is 106 Å². The van der Waals surface area contributed by atoms with Gasteiger partial charge in [0.25, 0.3) is 0 Å². The predicted molar refractivity (Wildman–Crippen MR) is 71.3 cm³/mol. The molecule has 1 aromatic heterocycles.